The van der Waals surface area contributed by atoms with E-state index in [-0.39, 0.29) is 17.0 Å². The number of Topliss-reactive ketones (excluding diaryl/α,β-unsaturated/α-hetero) is 2. The average Bonchev–Trinajstić information content (AvgIpc) is 2.99. The molecule has 1 N–H and O–H groups in total. The van der Waals surface area contributed by atoms with Gasteiger partial charge in [-0.05, 0) is 45.4 Å². The summed E-state index contributed by atoms with van der Waals surface area (Å²) in [5.74, 6) is -0.344. The van der Waals surface area contributed by atoms with Crippen LogP contribution >= 0.6 is 0 Å². The Morgan fingerprint density at radius 1 is 1.10 bits per heavy atom. The van der Waals surface area contributed by atoms with Crippen LogP contribution in [0, 0.1) is 13.8 Å². The summed E-state index contributed by atoms with van der Waals surface area (Å²) in [6.45, 7) is 6.23. The minimum atomic E-state index is -0.669. The van der Waals surface area contributed by atoms with Crippen LogP contribution in [0.15, 0.2) is 18.2 Å². The number of benzene rings is 1. The number of hydrogen-bond acceptors (Lipinski definition) is 6. The summed E-state index contributed by atoms with van der Waals surface area (Å²) in [5.41, 5.74) is 2.79. The first-order chi connectivity index (χ1) is 13.7. The number of aromatic amines is 1. The summed E-state index contributed by atoms with van der Waals surface area (Å²) in [6, 6.07) is 3.10. The first-order valence-electron chi connectivity index (χ1n) is 9.04. The van der Waals surface area contributed by atoms with Crippen molar-refractivity contribution in [2.24, 2.45) is 0 Å². The van der Waals surface area contributed by atoms with Crippen LogP contribution in [0.1, 0.15) is 61.9 Å². The summed E-state index contributed by atoms with van der Waals surface area (Å²) in [6.07, 6.45) is 3.58. The van der Waals surface area contributed by atoms with Crippen LogP contribution in [-0.2, 0) is 4.74 Å². The minimum Gasteiger partial charge on any atom is -0.493 e. The van der Waals surface area contributed by atoms with E-state index in [1.54, 1.807) is 32.1 Å². The van der Waals surface area contributed by atoms with E-state index in [2.05, 4.69) is 4.98 Å². The van der Waals surface area contributed by atoms with E-state index in [1.807, 2.05) is 6.92 Å². The molecule has 1 aromatic carbocycles. The van der Waals surface area contributed by atoms with Gasteiger partial charge in [0, 0.05) is 16.8 Å². The Balaban J connectivity index is 2.23. The molecule has 154 valence electrons. The molecule has 29 heavy (non-hydrogen) atoms. The van der Waals surface area contributed by atoms with Gasteiger partial charge in [-0.2, -0.15) is 0 Å². The highest BCUT2D eigenvalue weighted by molar-refractivity contribution is 6.04. The van der Waals surface area contributed by atoms with Gasteiger partial charge in [-0.15, -0.1) is 0 Å². The number of esters is 1. The van der Waals surface area contributed by atoms with Crippen LogP contribution in [0.25, 0.3) is 6.08 Å². The number of allylic oxidation sites excluding steroid dienone is 1. The number of hydrogen-bond donors (Lipinski definition) is 1. The molecule has 0 spiro atoms. The van der Waals surface area contributed by atoms with Crippen LogP contribution in [0.2, 0.25) is 0 Å². The molecule has 1 aromatic heterocycles. The quantitative estimate of drug-likeness (QED) is 0.534. The maximum absolute atomic E-state index is 12.5. The number of nitrogens with one attached hydrogen (secondary N) is 1. The third-order valence-electron chi connectivity index (χ3n) is 4.49. The average molecular weight is 399 g/mol. The zero-order valence-electron chi connectivity index (χ0n) is 17.5. The van der Waals surface area contributed by atoms with E-state index in [1.165, 1.54) is 27.2 Å². The number of ether oxygens (including phenoxy) is 3. The van der Waals surface area contributed by atoms with Gasteiger partial charge in [0.2, 0.25) is 5.78 Å². The van der Waals surface area contributed by atoms with Crippen molar-refractivity contribution in [2.75, 3.05) is 20.8 Å². The predicted molar refractivity (Wildman–Crippen MR) is 109 cm³/mol. The number of carbonyl (C=O) groups is 3. The molecule has 0 aliphatic heterocycles. The molecule has 0 aliphatic rings. The first-order valence-corrected chi connectivity index (χ1v) is 9.04. The third-order valence-corrected chi connectivity index (χ3v) is 4.49. The second kappa shape index (κ2) is 9.23. The number of carbonyl (C=O) groups excluding carboxylic acids is 3. The Kier molecular flexibility index (Phi) is 6.98. The monoisotopic (exact) mass is 399 g/mol. The number of rotatable bonds is 8. The summed E-state index contributed by atoms with van der Waals surface area (Å²) in [4.78, 5) is 39.7. The molecule has 0 unspecified atom stereocenters. The lowest BCUT2D eigenvalue weighted by molar-refractivity contribution is 0.0473. The second-order valence-corrected chi connectivity index (χ2v) is 6.48. The highest BCUT2D eigenvalue weighted by Crippen LogP contribution is 2.33. The van der Waals surface area contributed by atoms with Crippen LogP contribution in [0.5, 0.6) is 11.5 Å². The smallest absolute Gasteiger partial charge is 0.338 e. The topological polar surface area (TPSA) is 94.7 Å². The predicted octanol–water partition coefficient (Wildman–Crippen LogP) is 3.92. The van der Waals surface area contributed by atoms with Crippen molar-refractivity contribution in [3.8, 4) is 11.5 Å². The van der Waals surface area contributed by atoms with E-state index >= 15 is 0 Å². The van der Waals surface area contributed by atoms with Crippen molar-refractivity contribution in [1.29, 1.82) is 0 Å². The van der Waals surface area contributed by atoms with Crippen molar-refractivity contribution in [3.63, 3.8) is 0 Å². The molecular formula is C22H25NO6. The molecule has 0 radical (unpaired) electrons. The molecule has 7 heteroatoms. The standard InChI is InChI=1S/C22H25NO6/c1-7-8-15-9-16(10-18(27-5)21(15)28-6)22(26)29-11-17(25)20-12(2)19(14(4)24)13(3)23-20/h7-10,23H,11H2,1-6H3/b8-7+. The maximum atomic E-state index is 12.5. The molecular weight excluding hydrogens is 374 g/mol. The first kappa shape index (κ1) is 21.9. The van der Waals surface area contributed by atoms with Crippen LogP contribution in [-0.4, -0.2) is 43.3 Å². The number of methoxy groups -OCH3 is 2. The number of H-pyrrole nitrogens is 1. The van der Waals surface area contributed by atoms with Gasteiger partial charge in [0.05, 0.1) is 25.5 Å². The highest BCUT2D eigenvalue weighted by Gasteiger charge is 2.22. The van der Waals surface area contributed by atoms with Gasteiger partial charge in [0.1, 0.15) is 0 Å². The van der Waals surface area contributed by atoms with Gasteiger partial charge in [-0.25, -0.2) is 4.79 Å². The molecule has 7 nitrogen and oxygen atoms in total. The Morgan fingerprint density at radius 3 is 2.31 bits per heavy atom. The van der Waals surface area contributed by atoms with E-state index < -0.39 is 18.4 Å². The van der Waals surface area contributed by atoms with Gasteiger partial charge in [-0.1, -0.05) is 12.2 Å². The number of aryl methyl sites for hydroxylation is 1. The molecule has 1 heterocycles. The van der Waals surface area contributed by atoms with E-state index in [0.29, 0.717) is 33.9 Å². The molecule has 0 amide bonds. The fraction of sp³-hybridized carbons (Fsp3) is 0.318. The lowest BCUT2D eigenvalue weighted by atomic mass is 10.1. The fourth-order valence-electron chi connectivity index (χ4n) is 3.26. The molecule has 2 aromatic rings. The normalized spacial score (nSPS) is 10.8. The molecule has 0 saturated heterocycles. The SMILES string of the molecule is C/C=C/c1cc(C(=O)OCC(=O)c2[nH]c(C)c(C(C)=O)c2C)cc(OC)c1OC. The van der Waals surface area contributed by atoms with Gasteiger partial charge in [0.15, 0.2) is 23.9 Å². The second-order valence-electron chi connectivity index (χ2n) is 6.48. The Labute approximate surface area is 169 Å². The van der Waals surface area contributed by atoms with Crippen molar-refractivity contribution < 1.29 is 28.6 Å². The summed E-state index contributed by atoms with van der Waals surface area (Å²) in [5, 5.41) is 0. The molecule has 0 fully saturated rings. The fourth-order valence-corrected chi connectivity index (χ4v) is 3.26. The van der Waals surface area contributed by atoms with Gasteiger partial charge >= 0.3 is 5.97 Å². The van der Waals surface area contributed by atoms with Gasteiger partial charge in [-0.3, -0.25) is 9.59 Å². The summed E-state index contributed by atoms with van der Waals surface area (Å²) in [7, 11) is 2.98. The molecule has 2 rings (SSSR count). The van der Waals surface area contributed by atoms with Crippen LogP contribution in [0.3, 0.4) is 0 Å². The van der Waals surface area contributed by atoms with Crippen LogP contribution < -0.4 is 9.47 Å². The maximum Gasteiger partial charge on any atom is 0.338 e. The molecule has 0 bridgehead atoms. The van der Waals surface area contributed by atoms with E-state index in [0.717, 1.165) is 0 Å². The van der Waals surface area contributed by atoms with Gasteiger partial charge < -0.3 is 19.2 Å². The lowest BCUT2D eigenvalue weighted by Crippen LogP contribution is -2.16. The van der Waals surface area contributed by atoms with Crippen molar-refractivity contribution in [2.45, 2.75) is 27.7 Å². The number of ketones is 2. The summed E-state index contributed by atoms with van der Waals surface area (Å²) >= 11 is 0. The van der Waals surface area contributed by atoms with Crippen LogP contribution in [0.4, 0.5) is 0 Å². The zero-order valence-corrected chi connectivity index (χ0v) is 17.5. The van der Waals surface area contributed by atoms with Gasteiger partial charge in [0.25, 0.3) is 0 Å². The van der Waals surface area contributed by atoms with E-state index in [4.69, 9.17) is 14.2 Å². The molecule has 0 atom stereocenters. The highest BCUT2D eigenvalue weighted by atomic mass is 16.5. The number of aromatic nitrogens is 1. The largest absolute Gasteiger partial charge is 0.493 e. The zero-order chi connectivity index (χ0) is 21.7. The third kappa shape index (κ3) is 4.56. The Hall–Kier alpha value is -3.35. The van der Waals surface area contributed by atoms with Crippen molar-refractivity contribution in [3.05, 3.63) is 51.9 Å². The lowest BCUT2D eigenvalue weighted by Gasteiger charge is -2.13. The van der Waals surface area contributed by atoms with Crippen molar-refractivity contribution in [1.82, 2.24) is 4.98 Å². The van der Waals surface area contributed by atoms with Crippen molar-refractivity contribution >= 4 is 23.6 Å². The molecule has 0 aliphatic carbocycles. The van der Waals surface area contributed by atoms with E-state index in [9.17, 15) is 14.4 Å². The molecule has 0 saturated carbocycles. The minimum absolute atomic E-state index is 0.130. The Bertz CT molecular complexity index is 984. The Morgan fingerprint density at radius 2 is 1.79 bits per heavy atom. The summed E-state index contributed by atoms with van der Waals surface area (Å²) < 4.78 is 15.8.